The Kier molecular flexibility index (Phi) is 5.01. The Balaban J connectivity index is 2.19. The van der Waals surface area contributed by atoms with Gasteiger partial charge < -0.3 is 0 Å². The molecule has 1 saturated carbocycles. The van der Waals surface area contributed by atoms with Gasteiger partial charge in [-0.1, -0.05) is 38.5 Å². The number of hydrogen-bond donors (Lipinski definition) is 0. The predicted octanol–water partition coefficient (Wildman–Crippen LogP) is 3.98. The average molecular weight is 175 g/mol. The van der Waals surface area contributed by atoms with Crippen molar-refractivity contribution in [2.75, 3.05) is 5.88 Å². The van der Waals surface area contributed by atoms with E-state index in [9.17, 15) is 0 Å². The Morgan fingerprint density at radius 3 is 1.73 bits per heavy atom. The molecule has 1 aliphatic carbocycles. The van der Waals surface area contributed by atoms with Gasteiger partial charge in [-0.25, -0.2) is 0 Å². The molecule has 0 saturated heterocycles. The molecule has 0 spiro atoms. The fourth-order valence-corrected chi connectivity index (χ4v) is 2.18. The van der Waals surface area contributed by atoms with Gasteiger partial charge in [0.05, 0.1) is 0 Å². The minimum absolute atomic E-state index is 0.828. The van der Waals surface area contributed by atoms with Gasteiger partial charge in [-0.3, -0.25) is 0 Å². The molecule has 0 aromatic carbocycles. The second-order valence-electron chi connectivity index (χ2n) is 3.72. The normalized spacial score (nSPS) is 23.7. The van der Waals surface area contributed by atoms with Crippen molar-refractivity contribution in [2.45, 2.75) is 51.4 Å². The van der Waals surface area contributed by atoms with Crippen molar-refractivity contribution in [2.24, 2.45) is 5.92 Å². The van der Waals surface area contributed by atoms with Crippen molar-refractivity contribution in [3.05, 3.63) is 0 Å². The van der Waals surface area contributed by atoms with E-state index in [1.807, 2.05) is 0 Å². The van der Waals surface area contributed by atoms with Crippen molar-refractivity contribution in [3.63, 3.8) is 0 Å². The monoisotopic (exact) mass is 174 g/mol. The summed E-state index contributed by atoms with van der Waals surface area (Å²) in [5.74, 6) is 1.72. The van der Waals surface area contributed by atoms with E-state index in [1.165, 1.54) is 51.4 Å². The molecule has 0 amide bonds. The summed E-state index contributed by atoms with van der Waals surface area (Å²) in [5, 5.41) is 0. The molecule has 1 heteroatoms. The molecule has 0 aromatic rings. The van der Waals surface area contributed by atoms with E-state index in [-0.39, 0.29) is 0 Å². The lowest BCUT2D eigenvalue weighted by molar-refractivity contribution is 0.469. The largest absolute Gasteiger partial charge is 0.126 e. The zero-order valence-electron chi connectivity index (χ0n) is 7.32. The molecule has 0 bridgehead atoms. The lowest BCUT2D eigenvalue weighted by atomic mass is 9.99. The lowest BCUT2D eigenvalue weighted by Crippen LogP contribution is -2.01. The maximum Gasteiger partial charge on any atom is 0.0251 e. The summed E-state index contributed by atoms with van der Waals surface area (Å²) >= 11 is 5.86. The first-order chi connectivity index (χ1) is 5.43. The number of hydrogen-bond acceptors (Lipinski definition) is 0. The Labute approximate surface area is 75.3 Å². The molecule has 1 rings (SSSR count). The average Bonchev–Trinajstić information content (AvgIpc) is 2.16. The third-order valence-corrected chi connectivity index (χ3v) is 3.13. The smallest absolute Gasteiger partial charge is 0.0251 e. The number of rotatable bonds is 1. The molecule has 0 atom stereocenters. The molecule has 0 radical (unpaired) electrons. The SMILES string of the molecule is ClCC1CCCCCCCC1. The highest BCUT2D eigenvalue weighted by atomic mass is 35.5. The number of halogens is 1. The second-order valence-corrected chi connectivity index (χ2v) is 4.03. The van der Waals surface area contributed by atoms with Crippen LogP contribution >= 0.6 is 11.6 Å². The van der Waals surface area contributed by atoms with E-state index in [1.54, 1.807) is 0 Å². The maximum absolute atomic E-state index is 5.86. The molecule has 0 unspecified atom stereocenters. The van der Waals surface area contributed by atoms with Crippen LogP contribution < -0.4 is 0 Å². The summed E-state index contributed by atoms with van der Waals surface area (Å²) in [4.78, 5) is 0. The first-order valence-corrected chi connectivity index (χ1v) is 5.53. The van der Waals surface area contributed by atoms with E-state index in [0.29, 0.717) is 0 Å². The fraction of sp³-hybridized carbons (Fsp3) is 1.00. The minimum atomic E-state index is 0.828. The highest BCUT2D eigenvalue weighted by Gasteiger charge is 2.08. The summed E-state index contributed by atoms with van der Waals surface area (Å²) in [7, 11) is 0. The van der Waals surface area contributed by atoms with E-state index in [2.05, 4.69) is 0 Å². The molecule has 1 fully saturated rings. The van der Waals surface area contributed by atoms with Crippen molar-refractivity contribution >= 4 is 11.6 Å². The van der Waals surface area contributed by atoms with Crippen LogP contribution in [0.25, 0.3) is 0 Å². The molecule has 66 valence electrons. The third kappa shape index (κ3) is 4.00. The molecule has 0 heterocycles. The van der Waals surface area contributed by atoms with Gasteiger partial charge in [0.15, 0.2) is 0 Å². The minimum Gasteiger partial charge on any atom is -0.126 e. The van der Waals surface area contributed by atoms with E-state index < -0.39 is 0 Å². The molecule has 0 N–H and O–H groups in total. The van der Waals surface area contributed by atoms with Gasteiger partial charge in [-0.2, -0.15) is 0 Å². The van der Waals surface area contributed by atoms with Crippen LogP contribution in [0, 0.1) is 5.92 Å². The number of alkyl halides is 1. The highest BCUT2D eigenvalue weighted by molar-refractivity contribution is 6.18. The molecular formula is C10H19Cl. The highest BCUT2D eigenvalue weighted by Crippen LogP contribution is 2.22. The van der Waals surface area contributed by atoms with Crippen LogP contribution in [-0.2, 0) is 0 Å². The van der Waals surface area contributed by atoms with Crippen molar-refractivity contribution in [1.82, 2.24) is 0 Å². The third-order valence-electron chi connectivity index (χ3n) is 2.69. The Morgan fingerprint density at radius 1 is 0.818 bits per heavy atom. The van der Waals surface area contributed by atoms with Crippen LogP contribution in [0.15, 0.2) is 0 Å². The van der Waals surface area contributed by atoms with Crippen LogP contribution in [0.2, 0.25) is 0 Å². The summed E-state index contributed by atoms with van der Waals surface area (Å²) in [6.45, 7) is 0. The molecule has 0 nitrogen and oxygen atoms in total. The van der Waals surface area contributed by atoms with Crippen LogP contribution in [0.3, 0.4) is 0 Å². The Bertz CT molecular complexity index is 80.9. The van der Waals surface area contributed by atoms with E-state index >= 15 is 0 Å². The summed E-state index contributed by atoms with van der Waals surface area (Å²) in [6, 6.07) is 0. The summed E-state index contributed by atoms with van der Waals surface area (Å²) in [6.07, 6.45) is 11.4. The fourth-order valence-electron chi connectivity index (χ4n) is 1.87. The van der Waals surface area contributed by atoms with Crippen LogP contribution in [-0.4, -0.2) is 5.88 Å². The van der Waals surface area contributed by atoms with Gasteiger partial charge in [0.25, 0.3) is 0 Å². The summed E-state index contributed by atoms with van der Waals surface area (Å²) < 4.78 is 0. The zero-order chi connectivity index (χ0) is 7.94. The summed E-state index contributed by atoms with van der Waals surface area (Å²) in [5.41, 5.74) is 0. The van der Waals surface area contributed by atoms with Gasteiger partial charge in [0, 0.05) is 5.88 Å². The van der Waals surface area contributed by atoms with Gasteiger partial charge in [-0.15, -0.1) is 11.6 Å². The van der Waals surface area contributed by atoms with E-state index in [4.69, 9.17) is 11.6 Å². The topological polar surface area (TPSA) is 0 Å². The Morgan fingerprint density at radius 2 is 1.27 bits per heavy atom. The van der Waals surface area contributed by atoms with Gasteiger partial charge >= 0.3 is 0 Å². The molecule has 0 aromatic heterocycles. The quantitative estimate of drug-likeness (QED) is 0.528. The van der Waals surface area contributed by atoms with Gasteiger partial charge in [0.2, 0.25) is 0 Å². The molecule has 11 heavy (non-hydrogen) atoms. The lowest BCUT2D eigenvalue weighted by Gasteiger charge is -2.10. The van der Waals surface area contributed by atoms with Crippen LogP contribution in [0.1, 0.15) is 51.4 Å². The Hall–Kier alpha value is 0.290. The second kappa shape index (κ2) is 5.88. The van der Waals surface area contributed by atoms with Crippen molar-refractivity contribution in [3.8, 4) is 0 Å². The maximum atomic E-state index is 5.86. The van der Waals surface area contributed by atoms with Gasteiger partial charge in [0.1, 0.15) is 0 Å². The standard InChI is InChI=1S/C10H19Cl/c11-9-10-7-5-3-1-2-4-6-8-10/h10H,1-9H2. The first kappa shape index (κ1) is 9.38. The molecular weight excluding hydrogens is 156 g/mol. The van der Waals surface area contributed by atoms with Crippen LogP contribution in [0.5, 0.6) is 0 Å². The van der Waals surface area contributed by atoms with Gasteiger partial charge in [-0.05, 0) is 18.8 Å². The van der Waals surface area contributed by atoms with Crippen LogP contribution in [0.4, 0.5) is 0 Å². The molecule has 0 aliphatic heterocycles. The first-order valence-electron chi connectivity index (χ1n) is 4.99. The van der Waals surface area contributed by atoms with Crippen molar-refractivity contribution < 1.29 is 0 Å². The van der Waals surface area contributed by atoms with E-state index in [0.717, 1.165) is 11.8 Å². The predicted molar refractivity (Wildman–Crippen MR) is 51.1 cm³/mol. The molecule has 1 aliphatic rings. The van der Waals surface area contributed by atoms with Crippen molar-refractivity contribution in [1.29, 1.82) is 0 Å². The zero-order valence-corrected chi connectivity index (χ0v) is 8.08.